The molecule has 1 aliphatic rings. The number of halogens is 1. The molecule has 1 fully saturated rings. The molecule has 0 N–H and O–H groups in total. The lowest BCUT2D eigenvalue weighted by molar-refractivity contribution is -0.154. The third-order valence-corrected chi connectivity index (χ3v) is 5.69. The van der Waals surface area contributed by atoms with Crippen molar-refractivity contribution in [1.82, 2.24) is 19.8 Å². The molecule has 2 amide bonds. The topological polar surface area (TPSA) is 86.1 Å². The number of carbonyl (C=O) groups excluding carboxylic acids is 2. The fourth-order valence-electron chi connectivity index (χ4n) is 3.68. The number of amides is 2. The van der Waals surface area contributed by atoms with E-state index in [1.165, 1.54) is 37.4 Å². The molecule has 1 aromatic heterocycles. The zero-order valence-electron chi connectivity index (χ0n) is 18.8. The van der Waals surface area contributed by atoms with E-state index in [-0.39, 0.29) is 18.2 Å². The molecule has 32 heavy (non-hydrogen) atoms. The summed E-state index contributed by atoms with van der Waals surface area (Å²) in [6.45, 7) is 2.75. The minimum atomic E-state index is -0.292. The summed E-state index contributed by atoms with van der Waals surface area (Å²) >= 11 is 6.23. The second-order valence-corrected chi connectivity index (χ2v) is 7.65. The number of hydrazine groups is 1. The maximum Gasteiger partial charge on any atom is 0.265 e. The molecular formula is C22H27ClN4O5. The molecular weight excluding hydrogens is 436 g/mol. The molecule has 0 radical (unpaired) electrons. The van der Waals surface area contributed by atoms with Crippen molar-refractivity contribution in [2.45, 2.75) is 19.8 Å². The van der Waals surface area contributed by atoms with Gasteiger partial charge in [-0.15, -0.1) is 0 Å². The van der Waals surface area contributed by atoms with Crippen molar-refractivity contribution in [3.8, 4) is 17.2 Å². The van der Waals surface area contributed by atoms with Gasteiger partial charge in [-0.1, -0.05) is 11.6 Å². The van der Waals surface area contributed by atoms with Crippen LogP contribution in [-0.2, 0) is 23.1 Å². The lowest BCUT2D eigenvalue weighted by Gasteiger charge is -2.27. The van der Waals surface area contributed by atoms with Gasteiger partial charge in [-0.3, -0.25) is 19.3 Å². The number of ether oxygens (including phenoxy) is 3. The van der Waals surface area contributed by atoms with Crippen LogP contribution in [0, 0.1) is 6.92 Å². The molecule has 1 saturated heterocycles. The van der Waals surface area contributed by atoms with E-state index >= 15 is 0 Å². The Morgan fingerprint density at radius 2 is 1.72 bits per heavy atom. The van der Waals surface area contributed by atoms with Crippen LogP contribution in [0.4, 0.5) is 0 Å². The van der Waals surface area contributed by atoms with Crippen molar-refractivity contribution >= 4 is 29.5 Å². The summed E-state index contributed by atoms with van der Waals surface area (Å²) in [7, 11) is 6.30. The first-order valence-corrected chi connectivity index (χ1v) is 10.5. The first kappa shape index (κ1) is 23.5. The van der Waals surface area contributed by atoms with E-state index in [1.807, 2.05) is 6.92 Å². The molecule has 10 heteroatoms. The largest absolute Gasteiger partial charge is 0.493 e. The van der Waals surface area contributed by atoms with Gasteiger partial charge in [-0.25, -0.2) is 5.01 Å². The highest BCUT2D eigenvalue weighted by Crippen LogP contribution is 2.38. The van der Waals surface area contributed by atoms with Crippen LogP contribution < -0.4 is 14.2 Å². The van der Waals surface area contributed by atoms with Gasteiger partial charge in [0.2, 0.25) is 11.7 Å². The zero-order chi connectivity index (χ0) is 23.4. The van der Waals surface area contributed by atoms with Crippen LogP contribution in [0.5, 0.6) is 17.2 Å². The van der Waals surface area contributed by atoms with Gasteiger partial charge in [0, 0.05) is 31.8 Å². The lowest BCUT2D eigenvalue weighted by atomic mass is 10.1. The molecule has 172 valence electrons. The molecule has 0 atom stereocenters. The monoisotopic (exact) mass is 462 g/mol. The second-order valence-electron chi connectivity index (χ2n) is 7.29. The molecule has 0 bridgehead atoms. The Labute approximate surface area is 192 Å². The number of hydrogen-bond donors (Lipinski definition) is 0. The number of rotatable bonds is 7. The Morgan fingerprint density at radius 3 is 2.25 bits per heavy atom. The van der Waals surface area contributed by atoms with Gasteiger partial charge in [-0.2, -0.15) is 5.10 Å². The maximum atomic E-state index is 13.0. The summed E-state index contributed by atoms with van der Waals surface area (Å²) < 4.78 is 17.6. The minimum absolute atomic E-state index is 0.0811. The van der Waals surface area contributed by atoms with Gasteiger partial charge in [0.25, 0.3) is 5.91 Å². The van der Waals surface area contributed by atoms with Crippen LogP contribution in [-0.4, -0.2) is 66.0 Å². The number of aromatic nitrogens is 2. The average Bonchev–Trinajstić information content (AvgIpc) is 3.36. The Morgan fingerprint density at radius 1 is 1.09 bits per heavy atom. The second kappa shape index (κ2) is 9.95. The third-order valence-electron chi connectivity index (χ3n) is 5.24. The first-order valence-electron chi connectivity index (χ1n) is 10.1. The molecule has 0 aliphatic carbocycles. The number of methoxy groups -OCH3 is 3. The summed E-state index contributed by atoms with van der Waals surface area (Å²) in [6.07, 6.45) is 3.83. The molecule has 0 saturated carbocycles. The standard InChI is InChI=1S/C22H27ClN4O5/c1-14-16(22(23)25(2)24-14)7-8-19(28)26-9-6-10-27(26)20(29)13-15-11-17(30-3)21(32-5)18(12-15)31-4/h7-8,11-12H,6,9-10,13H2,1-5H3/b8-7+. The molecule has 1 aliphatic heterocycles. The van der Waals surface area contributed by atoms with E-state index < -0.39 is 0 Å². The fourth-order valence-corrected chi connectivity index (χ4v) is 3.92. The van der Waals surface area contributed by atoms with Crippen LogP contribution in [0.3, 0.4) is 0 Å². The van der Waals surface area contributed by atoms with Gasteiger partial charge in [0.1, 0.15) is 5.15 Å². The predicted molar refractivity (Wildman–Crippen MR) is 120 cm³/mol. The predicted octanol–water partition coefficient (Wildman–Crippen LogP) is 2.64. The normalized spacial score (nSPS) is 13.7. The lowest BCUT2D eigenvalue weighted by Crippen LogP contribution is -2.44. The number of nitrogens with zero attached hydrogens (tertiary/aromatic N) is 4. The molecule has 9 nitrogen and oxygen atoms in total. The molecule has 2 aromatic rings. The summed E-state index contributed by atoms with van der Waals surface area (Å²) in [5.41, 5.74) is 2.09. The molecule has 2 heterocycles. The number of hydrogen-bond acceptors (Lipinski definition) is 6. The smallest absolute Gasteiger partial charge is 0.265 e. The number of carbonyl (C=O) groups is 2. The van der Waals surface area contributed by atoms with Crippen molar-refractivity contribution in [2.24, 2.45) is 7.05 Å². The maximum absolute atomic E-state index is 13.0. The summed E-state index contributed by atoms with van der Waals surface area (Å²) in [4.78, 5) is 25.8. The third kappa shape index (κ3) is 4.67. The number of aryl methyl sites for hydroxylation is 2. The fraction of sp³-hybridized carbons (Fsp3) is 0.409. The van der Waals surface area contributed by atoms with Crippen LogP contribution in [0.2, 0.25) is 5.15 Å². The average molecular weight is 463 g/mol. The van der Waals surface area contributed by atoms with Gasteiger partial charge in [0.15, 0.2) is 11.5 Å². The summed E-state index contributed by atoms with van der Waals surface area (Å²) in [5.74, 6) is 0.902. The summed E-state index contributed by atoms with van der Waals surface area (Å²) in [6, 6.07) is 3.46. The Bertz CT molecular complexity index is 1020. The van der Waals surface area contributed by atoms with Gasteiger partial charge >= 0.3 is 0 Å². The highest BCUT2D eigenvalue weighted by atomic mass is 35.5. The van der Waals surface area contributed by atoms with Crippen LogP contribution in [0.25, 0.3) is 6.08 Å². The van der Waals surface area contributed by atoms with Gasteiger partial charge in [-0.05, 0) is 37.1 Å². The Hall–Kier alpha value is -3.20. The van der Waals surface area contributed by atoms with Crippen molar-refractivity contribution in [3.63, 3.8) is 0 Å². The Balaban J connectivity index is 1.75. The van der Waals surface area contributed by atoms with Crippen LogP contribution in [0.1, 0.15) is 23.2 Å². The highest BCUT2D eigenvalue weighted by Gasteiger charge is 2.30. The van der Waals surface area contributed by atoms with Gasteiger partial charge in [0.05, 0.1) is 33.4 Å². The van der Waals surface area contributed by atoms with E-state index in [4.69, 9.17) is 25.8 Å². The first-order chi connectivity index (χ1) is 15.3. The molecule has 0 unspecified atom stereocenters. The van der Waals surface area contributed by atoms with E-state index in [0.29, 0.717) is 53.0 Å². The van der Waals surface area contributed by atoms with E-state index in [2.05, 4.69) is 5.10 Å². The minimum Gasteiger partial charge on any atom is -0.493 e. The van der Waals surface area contributed by atoms with Crippen molar-refractivity contribution < 1.29 is 23.8 Å². The SMILES string of the molecule is COc1cc(CC(=O)N2CCCN2C(=O)/C=C/c2c(C)nn(C)c2Cl)cc(OC)c1OC. The van der Waals surface area contributed by atoms with E-state index in [0.717, 1.165) is 5.69 Å². The van der Waals surface area contributed by atoms with Crippen LogP contribution in [0.15, 0.2) is 18.2 Å². The van der Waals surface area contributed by atoms with E-state index in [1.54, 1.807) is 29.9 Å². The zero-order valence-corrected chi connectivity index (χ0v) is 19.6. The van der Waals surface area contributed by atoms with E-state index in [9.17, 15) is 9.59 Å². The molecule has 3 rings (SSSR count). The van der Waals surface area contributed by atoms with Crippen molar-refractivity contribution in [2.75, 3.05) is 34.4 Å². The highest BCUT2D eigenvalue weighted by molar-refractivity contribution is 6.31. The summed E-state index contributed by atoms with van der Waals surface area (Å²) in [5, 5.41) is 7.61. The quantitative estimate of drug-likeness (QED) is 0.588. The molecule has 1 aromatic carbocycles. The molecule has 0 spiro atoms. The van der Waals surface area contributed by atoms with Gasteiger partial charge < -0.3 is 14.2 Å². The number of benzene rings is 1. The van der Waals surface area contributed by atoms with Crippen molar-refractivity contribution in [1.29, 1.82) is 0 Å². The van der Waals surface area contributed by atoms with Crippen LogP contribution >= 0.6 is 11.6 Å². The Kier molecular flexibility index (Phi) is 7.29. The van der Waals surface area contributed by atoms with Crippen molar-refractivity contribution in [3.05, 3.63) is 40.2 Å².